The second-order valence-corrected chi connectivity index (χ2v) is 5.31. The van der Waals surface area contributed by atoms with Crippen molar-refractivity contribution in [2.24, 2.45) is 5.92 Å². The van der Waals surface area contributed by atoms with E-state index in [4.69, 9.17) is 5.73 Å². The van der Waals surface area contributed by atoms with Gasteiger partial charge in [-0.25, -0.2) is 9.97 Å². The quantitative estimate of drug-likeness (QED) is 0.807. The van der Waals surface area contributed by atoms with E-state index in [0.29, 0.717) is 17.8 Å². The first-order valence-electron chi connectivity index (χ1n) is 7.08. The lowest BCUT2D eigenvalue weighted by atomic mass is 9.97. The molecule has 18 heavy (non-hydrogen) atoms. The van der Waals surface area contributed by atoms with Crippen LogP contribution in [0.4, 0.5) is 11.6 Å². The molecule has 4 heteroatoms. The van der Waals surface area contributed by atoms with Gasteiger partial charge in [0, 0.05) is 11.6 Å². The summed E-state index contributed by atoms with van der Waals surface area (Å²) >= 11 is 0. The van der Waals surface area contributed by atoms with Gasteiger partial charge >= 0.3 is 0 Å². The molecule has 1 aliphatic rings. The molecule has 0 saturated heterocycles. The summed E-state index contributed by atoms with van der Waals surface area (Å²) in [6.45, 7) is 4.43. The predicted molar refractivity (Wildman–Crippen MR) is 75.5 cm³/mol. The van der Waals surface area contributed by atoms with Crippen LogP contribution in [0.3, 0.4) is 0 Å². The summed E-state index contributed by atoms with van der Waals surface area (Å²) in [5.74, 6) is 2.24. The number of hydrogen-bond donors (Lipinski definition) is 2. The number of anilines is 2. The van der Waals surface area contributed by atoms with Crippen molar-refractivity contribution < 1.29 is 0 Å². The normalized spacial score (nSPS) is 24.6. The molecule has 0 radical (unpaired) electrons. The van der Waals surface area contributed by atoms with Crippen molar-refractivity contribution in [3.8, 4) is 0 Å². The third kappa shape index (κ3) is 2.92. The maximum Gasteiger partial charge on any atom is 0.134 e. The summed E-state index contributed by atoms with van der Waals surface area (Å²) < 4.78 is 0. The van der Waals surface area contributed by atoms with E-state index in [1.165, 1.54) is 32.1 Å². The molecule has 100 valence electrons. The molecule has 1 fully saturated rings. The highest BCUT2D eigenvalue weighted by Crippen LogP contribution is 2.27. The van der Waals surface area contributed by atoms with Crippen molar-refractivity contribution in [3.05, 3.63) is 11.9 Å². The van der Waals surface area contributed by atoms with Gasteiger partial charge in [-0.15, -0.1) is 0 Å². The van der Waals surface area contributed by atoms with Gasteiger partial charge in [-0.2, -0.15) is 0 Å². The van der Waals surface area contributed by atoms with Gasteiger partial charge in [0.15, 0.2) is 0 Å². The molecule has 0 amide bonds. The van der Waals surface area contributed by atoms with Gasteiger partial charge in [-0.3, -0.25) is 0 Å². The fraction of sp³-hybridized carbons (Fsp3) is 0.714. The highest BCUT2D eigenvalue weighted by molar-refractivity contribution is 5.55. The van der Waals surface area contributed by atoms with E-state index in [2.05, 4.69) is 29.1 Å². The summed E-state index contributed by atoms with van der Waals surface area (Å²) in [6, 6.07) is 0.520. The number of nitrogens with two attached hydrogens (primary N) is 1. The minimum atomic E-state index is 0.520. The molecular formula is C14H24N4. The number of nitrogen functional groups attached to an aromatic ring is 1. The molecular weight excluding hydrogens is 224 g/mol. The number of aromatic nitrogens is 2. The van der Waals surface area contributed by atoms with E-state index in [1.807, 2.05) is 0 Å². The second-order valence-electron chi connectivity index (χ2n) is 5.31. The van der Waals surface area contributed by atoms with Gasteiger partial charge in [-0.05, 0) is 25.2 Å². The van der Waals surface area contributed by atoms with Gasteiger partial charge in [0.2, 0.25) is 0 Å². The van der Waals surface area contributed by atoms with Crippen molar-refractivity contribution in [3.63, 3.8) is 0 Å². The van der Waals surface area contributed by atoms with Crippen LogP contribution < -0.4 is 11.1 Å². The Labute approximate surface area is 109 Å². The number of rotatable bonds is 3. The minimum absolute atomic E-state index is 0.520. The number of hydrogen-bond acceptors (Lipinski definition) is 4. The first kappa shape index (κ1) is 13.1. The number of nitrogens with one attached hydrogen (secondary N) is 1. The van der Waals surface area contributed by atoms with Crippen LogP contribution >= 0.6 is 0 Å². The van der Waals surface area contributed by atoms with Gasteiger partial charge in [0.1, 0.15) is 18.0 Å². The predicted octanol–water partition coefficient (Wildman–Crippen LogP) is 3.00. The van der Waals surface area contributed by atoms with Gasteiger partial charge in [0.05, 0.1) is 0 Å². The van der Waals surface area contributed by atoms with E-state index in [0.717, 1.165) is 17.8 Å². The molecule has 2 atom stereocenters. The van der Waals surface area contributed by atoms with Crippen LogP contribution in [0.2, 0.25) is 0 Å². The first-order valence-corrected chi connectivity index (χ1v) is 7.08. The Hall–Kier alpha value is -1.32. The molecule has 2 unspecified atom stereocenters. The molecule has 1 heterocycles. The maximum atomic E-state index is 5.91. The molecule has 2 rings (SSSR count). The summed E-state index contributed by atoms with van der Waals surface area (Å²) in [6.07, 6.45) is 8.98. The number of nitrogens with zero attached hydrogens (tertiary/aromatic N) is 2. The zero-order chi connectivity index (χ0) is 13.0. The summed E-state index contributed by atoms with van der Waals surface area (Å²) in [5.41, 5.74) is 6.96. The molecule has 0 aliphatic heterocycles. The molecule has 1 aliphatic carbocycles. The summed E-state index contributed by atoms with van der Waals surface area (Å²) in [4.78, 5) is 8.44. The maximum absolute atomic E-state index is 5.91. The molecule has 3 N–H and O–H groups in total. The Morgan fingerprint density at radius 1 is 1.28 bits per heavy atom. The SMILES string of the molecule is CCc1c(N)ncnc1NC1CCCCCC1C. The van der Waals surface area contributed by atoms with Crippen LogP contribution in [0.15, 0.2) is 6.33 Å². The largest absolute Gasteiger partial charge is 0.383 e. The average Bonchev–Trinajstić information content (AvgIpc) is 2.55. The third-order valence-electron chi connectivity index (χ3n) is 4.02. The molecule has 4 nitrogen and oxygen atoms in total. The molecule has 1 saturated carbocycles. The second kappa shape index (κ2) is 6.03. The lowest BCUT2D eigenvalue weighted by molar-refractivity contribution is 0.455. The van der Waals surface area contributed by atoms with Crippen molar-refractivity contribution in [2.45, 2.75) is 58.4 Å². The lowest BCUT2D eigenvalue weighted by Crippen LogP contribution is -2.27. The van der Waals surface area contributed by atoms with Crippen LogP contribution in [-0.4, -0.2) is 16.0 Å². The van der Waals surface area contributed by atoms with E-state index in [-0.39, 0.29) is 0 Å². The standard InChI is InChI=1S/C14H24N4/c1-3-11-13(15)16-9-17-14(11)18-12-8-6-4-5-7-10(12)2/h9-10,12H,3-8H2,1-2H3,(H3,15,16,17,18). The van der Waals surface area contributed by atoms with Crippen molar-refractivity contribution in [1.82, 2.24) is 9.97 Å². The topological polar surface area (TPSA) is 63.8 Å². The molecule has 1 aromatic heterocycles. The van der Waals surface area contributed by atoms with Crippen LogP contribution in [0, 0.1) is 5.92 Å². The Kier molecular flexibility index (Phi) is 4.39. The van der Waals surface area contributed by atoms with Crippen LogP contribution in [-0.2, 0) is 6.42 Å². The highest BCUT2D eigenvalue weighted by atomic mass is 15.1. The minimum Gasteiger partial charge on any atom is -0.383 e. The smallest absolute Gasteiger partial charge is 0.134 e. The molecule has 0 spiro atoms. The van der Waals surface area contributed by atoms with E-state index < -0.39 is 0 Å². The van der Waals surface area contributed by atoms with Crippen LogP contribution in [0.1, 0.15) is 51.5 Å². The van der Waals surface area contributed by atoms with Crippen LogP contribution in [0.25, 0.3) is 0 Å². The van der Waals surface area contributed by atoms with Gasteiger partial charge in [-0.1, -0.05) is 33.1 Å². The zero-order valence-electron chi connectivity index (χ0n) is 11.4. The molecule has 0 bridgehead atoms. The highest BCUT2D eigenvalue weighted by Gasteiger charge is 2.21. The zero-order valence-corrected chi connectivity index (χ0v) is 11.4. The van der Waals surface area contributed by atoms with Crippen LogP contribution in [0.5, 0.6) is 0 Å². The Morgan fingerprint density at radius 3 is 2.83 bits per heavy atom. The first-order chi connectivity index (χ1) is 8.72. The monoisotopic (exact) mass is 248 g/mol. The fourth-order valence-corrected chi connectivity index (χ4v) is 2.78. The van der Waals surface area contributed by atoms with Gasteiger partial charge < -0.3 is 11.1 Å². The fourth-order valence-electron chi connectivity index (χ4n) is 2.78. The average molecular weight is 248 g/mol. The van der Waals surface area contributed by atoms with E-state index in [9.17, 15) is 0 Å². The van der Waals surface area contributed by atoms with E-state index in [1.54, 1.807) is 6.33 Å². The summed E-state index contributed by atoms with van der Waals surface area (Å²) in [5, 5.41) is 3.60. The van der Waals surface area contributed by atoms with Gasteiger partial charge in [0.25, 0.3) is 0 Å². The van der Waals surface area contributed by atoms with E-state index >= 15 is 0 Å². The van der Waals surface area contributed by atoms with Crippen molar-refractivity contribution in [2.75, 3.05) is 11.1 Å². The van der Waals surface area contributed by atoms with Crippen molar-refractivity contribution >= 4 is 11.6 Å². The Morgan fingerprint density at radius 2 is 2.06 bits per heavy atom. The third-order valence-corrected chi connectivity index (χ3v) is 4.02. The molecule has 1 aromatic rings. The molecule has 0 aromatic carbocycles. The lowest BCUT2D eigenvalue weighted by Gasteiger charge is -2.24. The Bertz CT molecular complexity index is 391. The Balaban J connectivity index is 2.14. The summed E-state index contributed by atoms with van der Waals surface area (Å²) in [7, 11) is 0. The van der Waals surface area contributed by atoms with Crippen molar-refractivity contribution in [1.29, 1.82) is 0 Å².